The minimum absolute atomic E-state index is 0.0142. The zero-order valence-electron chi connectivity index (χ0n) is 32.3. The molecule has 16 heteroatoms. The van der Waals surface area contributed by atoms with Gasteiger partial charge in [0.05, 0.1) is 17.5 Å². The number of nitrogens with one attached hydrogen (secondary N) is 3. The Morgan fingerprint density at radius 2 is 1.49 bits per heavy atom. The molecule has 2 aromatic carbocycles. The average molecular weight is 801 g/mol. The van der Waals surface area contributed by atoms with Crippen molar-refractivity contribution in [3.05, 3.63) is 101 Å². The van der Waals surface area contributed by atoms with Crippen molar-refractivity contribution in [2.75, 3.05) is 53.3 Å². The van der Waals surface area contributed by atoms with Crippen molar-refractivity contribution in [3.8, 4) is 0 Å². The third-order valence-electron chi connectivity index (χ3n) is 10.2. The SMILES string of the molecule is CNC(=O)Nc1ccc2c(c1)C(C)(C)\C(=C/C=C/C=C/C=C/C1N(CCCCS(=O)(=O)O)c3ccc(CCNON)cc3C1(C)C)N2CCCCS(=O)(=O)O. The molecule has 2 amide bonds. The predicted octanol–water partition coefficient (Wildman–Crippen LogP) is 5.53. The lowest BCUT2D eigenvalue weighted by atomic mass is 9.79. The van der Waals surface area contributed by atoms with Crippen LogP contribution in [0.5, 0.6) is 0 Å². The maximum absolute atomic E-state index is 12.0. The lowest BCUT2D eigenvalue weighted by Gasteiger charge is -2.32. The summed E-state index contributed by atoms with van der Waals surface area (Å²) < 4.78 is 63.9. The zero-order valence-corrected chi connectivity index (χ0v) is 33.9. The van der Waals surface area contributed by atoms with Crippen molar-refractivity contribution >= 4 is 43.3 Å². The summed E-state index contributed by atoms with van der Waals surface area (Å²) in [7, 11) is -6.53. The molecule has 0 bridgehead atoms. The summed E-state index contributed by atoms with van der Waals surface area (Å²) >= 11 is 0. The lowest BCUT2D eigenvalue weighted by molar-refractivity contribution is 0.0418. The third kappa shape index (κ3) is 11.7. The highest BCUT2D eigenvalue weighted by molar-refractivity contribution is 7.86. The number of nitrogens with zero attached hydrogens (tertiary/aromatic N) is 2. The molecule has 0 saturated carbocycles. The minimum atomic E-state index is -4.05. The number of rotatable bonds is 19. The van der Waals surface area contributed by atoms with E-state index in [9.17, 15) is 30.7 Å². The Balaban J connectivity index is 1.54. The molecule has 55 heavy (non-hydrogen) atoms. The van der Waals surface area contributed by atoms with Gasteiger partial charge in [0, 0.05) is 60.3 Å². The summed E-state index contributed by atoms with van der Waals surface area (Å²) in [4.78, 5) is 21.0. The second-order valence-corrected chi connectivity index (χ2v) is 18.0. The predicted molar refractivity (Wildman–Crippen MR) is 219 cm³/mol. The first-order valence-corrected chi connectivity index (χ1v) is 21.6. The normalized spacial score (nSPS) is 18.5. The van der Waals surface area contributed by atoms with Crippen molar-refractivity contribution in [2.45, 2.75) is 76.7 Å². The van der Waals surface area contributed by atoms with E-state index in [4.69, 9.17) is 5.90 Å². The average Bonchev–Trinajstić information content (AvgIpc) is 3.44. The summed E-state index contributed by atoms with van der Waals surface area (Å²) in [6, 6.07) is 11.8. The van der Waals surface area contributed by atoms with Gasteiger partial charge in [-0.3, -0.25) is 9.11 Å². The van der Waals surface area contributed by atoms with Crippen LogP contribution in [-0.2, 0) is 42.4 Å². The van der Waals surface area contributed by atoms with Crippen molar-refractivity contribution in [1.82, 2.24) is 10.8 Å². The lowest BCUT2D eigenvalue weighted by Crippen LogP contribution is -2.40. The van der Waals surface area contributed by atoms with Crippen molar-refractivity contribution in [3.63, 3.8) is 0 Å². The molecule has 0 fully saturated rings. The number of unbranched alkanes of at least 4 members (excludes halogenated alkanes) is 2. The van der Waals surface area contributed by atoms with Gasteiger partial charge in [-0.25, -0.2) is 9.73 Å². The van der Waals surface area contributed by atoms with Crippen LogP contribution in [0.4, 0.5) is 21.9 Å². The molecule has 0 saturated heterocycles. The van der Waals surface area contributed by atoms with Crippen molar-refractivity contribution in [1.29, 1.82) is 0 Å². The molecule has 7 N–H and O–H groups in total. The molecular weight excluding hydrogens is 745 g/mol. The molecule has 2 heterocycles. The van der Waals surface area contributed by atoms with Gasteiger partial charge in [0.2, 0.25) is 0 Å². The maximum Gasteiger partial charge on any atom is 0.318 e. The number of anilines is 3. The molecule has 2 aliphatic rings. The second-order valence-electron chi connectivity index (χ2n) is 14.9. The highest BCUT2D eigenvalue weighted by Gasteiger charge is 2.43. The van der Waals surface area contributed by atoms with Gasteiger partial charge in [0.25, 0.3) is 20.2 Å². The van der Waals surface area contributed by atoms with Crippen LogP contribution >= 0.6 is 0 Å². The van der Waals surface area contributed by atoms with Gasteiger partial charge in [-0.2, -0.15) is 28.2 Å². The monoisotopic (exact) mass is 800 g/mol. The fourth-order valence-electron chi connectivity index (χ4n) is 7.38. The molecule has 0 aromatic heterocycles. The molecule has 2 aromatic rings. The quantitative estimate of drug-likeness (QED) is 0.0450. The number of fused-ring (bicyclic) bond motifs is 2. The number of benzene rings is 2. The van der Waals surface area contributed by atoms with E-state index in [1.54, 1.807) is 7.05 Å². The number of urea groups is 1. The molecule has 0 radical (unpaired) electrons. The van der Waals surface area contributed by atoms with Gasteiger partial charge >= 0.3 is 6.03 Å². The fraction of sp³-hybridized carbons (Fsp3) is 0.462. The highest BCUT2D eigenvalue weighted by Crippen LogP contribution is 2.49. The molecule has 2 aliphatic heterocycles. The third-order valence-corrected chi connectivity index (χ3v) is 11.8. The number of allylic oxidation sites excluding steroid dienone is 7. The number of carbonyl (C=O) groups excluding carboxylic acids is 1. The Hall–Kier alpha value is -4.03. The number of nitrogens with two attached hydrogens (primary N) is 1. The Kier molecular flexibility index (Phi) is 14.9. The van der Waals surface area contributed by atoms with E-state index in [0.717, 1.165) is 34.6 Å². The van der Waals surface area contributed by atoms with Crippen LogP contribution in [0, 0.1) is 0 Å². The first-order valence-electron chi connectivity index (χ1n) is 18.4. The van der Waals surface area contributed by atoms with Crippen molar-refractivity contribution < 1.29 is 35.7 Å². The molecule has 1 atom stereocenters. The molecule has 0 aliphatic carbocycles. The molecular formula is C39H56N6O8S2. The van der Waals surface area contributed by atoms with E-state index in [-0.39, 0.29) is 29.0 Å². The minimum Gasteiger partial charge on any atom is -0.364 e. The Bertz CT molecular complexity index is 2010. The van der Waals surface area contributed by atoms with Gasteiger partial charge in [0.15, 0.2) is 0 Å². The standard InChI is InChI=1S/C39H56N6O8S2/c1-38(2)31-27-29(21-22-42-53-40)17-19-33(31)44(23-11-13-25-54(47,48)49)35(38)15-9-7-6-8-10-16-36-39(3,4)32-28-30(43-37(46)41-5)18-20-34(32)45(36)24-12-14-26-55(50,51)52/h6-10,15-20,27-28,35,42H,11-14,21-26,40H2,1-5H3,(H2,41,43,46)(H,47,48,49)(H,50,51,52)/b7-6+,10-8+,15-9+,36-16+. The van der Waals surface area contributed by atoms with E-state index in [0.29, 0.717) is 51.0 Å². The molecule has 1 unspecified atom stereocenters. The number of hydrogen-bond donors (Lipinski definition) is 6. The van der Waals surface area contributed by atoms with Crippen molar-refractivity contribution in [2.24, 2.45) is 5.90 Å². The maximum atomic E-state index is 12.0. The van der Waals surface area contributed by atoms with E-state index in [1.807, 2.05) is 54.7 Å². The fourth-order valence-corrected chi connectivity index (χ4v) is 8.52. The van der Waals surface area contributed by atoms with Crippen LogP contribution in [0.2, 0.25) is 0 Å². The topological polar surface area (TPSA) is 204 Å². The molecule has 4 rings (SSSR count). The van der Waals surface area contributed by atoms with Crippen LogP contribution in [0.1, 0.15) is 70.1 Å². The van der Waals surface area contributed by atoms with Crippen LogP contribution in [0.3, 0.4) is 0 Å². The van der Waals surface area contributed by atoms with Gasteiger partial charge in [-0.1, -0.05) is 76.3 Å². The number of hydrogen-bond acceptors (Lipinski definition) is 10. The Labute approximate surface area is 326 Å². The van der Waals surface area contributed by atoms with Crippen LogP contribution < -0.4 is 31.8 Å². The summed E-state index contributed by atoms with van der Waals surface area (Å²) in [6.45, 7) is 10.3. The van der Waals surface area contributed by atoms with Gasteiger partial charge in [-0.05, 0) is 79.1 Å². The smallest absolute Gasteiger partial charge is 0.318 e. The summed E-state index contributed by atoms with van der Waals surface area (Å²) in [5.41, 5.74) is 9.05. The molecule has 0 spiro atoms. The number of carbonyl (C=O) groups is 1. The largest absolute Gasteiger partial charge is 0.364 e. The second kappa shape index (κ2) is 18.7. The first kappa shape index (κ1) is 43.7. The van der Waals surface area contributed by atoms with Crippen LogP contribution in [-0.4, -0.2) is 76.2 Å². The van der Waals surface area contributed by atoms with Crippen LogP contribution in [0.25, 0.3) is 0 Å². The molecule has 302 valence electrons. The summed E-state index contributed by atoms with van der Waals surface area (Å²) in [5.74, 6) is 4.54. The van der Waals surface area contributed by atoms with Crippen LogP contribution in [0.15, 0.2) is 84.6 Å². The molecule has 14 nitrogen and oxygen atoms in total. The number of hydroxylamine groups is 1. The summed E-state index contributed by atoms with van der Waals surface area (Å²) in [5, 5.41) is 5.40. The highest BCUT2D eigenvalue weighted by atomic mass is 32.2. The van der Waals surface area contributed by atoms with E-state index in [1.165, 1.54) is 5.56 Å². The Morgan fingerprint density at radius 1 is 0.855 bits per heavy atom. The van der Waals surface area contributed by atoms with Gasteiger partial charge < -0.3 is 20.4 Å². The van der Waals surface area contributed by atoms with E-state index in [2.05, 4.69) is 82.8 Å². The van der Waals surface area contributed by atoms with E-state index >= 15 is 0 Å². The van der Waals surface area contributed by atoms with E-state index < -0.39 is 25.7 Å². The first-order chi connectivity index (χ1) is 25.9. The zero-order chi connectivity index (χ0) is 40.4. The van der Waals surface area contributed by atoms with Gasteiger partial charge in [0.1, 0.15) is 0 Å². The van der Waals surface area contributed by atoms with Gasteiger partial charge in [-0.15, -0.1) is 0 Å². The summed E-state index contributed by atoms with van der Waals surface area (Å²) in [6.07, 6.45) is 16.6. The Morgan fingerprint density at radius 3 is 2.15 bits per heavy atom. The number of amides is 2.